The molecule has 4 atom stereocenters. The Morgan fingerprint density at radius 2 is 2.00 bits per heavy atom. The molecule has 1 aromatic rings. The summed E-state index contributed by atoms with van der Waals surface area (Å²) in [5.74, 6) is 0.360. The first kappa shape index (κ1) is 16.8. The summed E-state index contributed by atoms with van der Waals surface area (Å²) < 4.78 is 32.4. The average Bonchev–Trinajstić information content (AvgIpc) is 2.54. The van der Waals surface area contributed by atoms with E-state index in [1.807, 2.05) is 12.1 Å². The summed E-state index contributed by atoms with van der Waals surface area (Å²) in [6, 6.07) is 6.25. The van der Waals surface area contributed by atoms with Gasteiger partial charge in [0.15, 0.2) is 0 Å². The molecule has 128 valence electrons. The van der Waals surface area contributed by atoms with Gasteiger partial charge in [0.25, 0.3) is 0 Å². The van der Waals surface area contributed by atoms with E-state index in [4.69, 9.17) is 10.5 Å². The highest BCUT2D eigenvalue weighted by atomic mass is 19.1. The summed E-state index contributed by atoms with van der Waals surface area (Å²) in [6.07, 6.45) is 2.52. The van der Waals surface area contributed by atoms with Gasteiger partial charge < -0.3 is 15.4 Å². The monoisotopic (exact) mass is 324 g/mol. The number of ether oxygens (including phenoxy) is 1. The number of nitrogens with two attached hydrogens (primary N) is 1. The lowest BCUT2D eigenvalue weighted by molar-refractivity contribution is -0.0534. The molecule has 0 radical (unpaired) electrons. The van der Waals surface area contributed by atoms with Crippen molar-refractivity contribution in [1.29, 1.82) is 0 Å². The molecule has 3 nitrogen and oxygen atoms in total. The van der Waals surface area contributed by atoms with Crippen LogP contribution in [0, 0.1) is 11.7 Å². The van der Waals surface area contributed by atoms with Gasteiger partial charge in [-0.25, -0.2) is 8.78 Å². The molecule has 0 aliphatic carbocycles. The largest absolute Gasteiger partial charge is 0.375 e. The second-order valence-corrected chi connectivity index (χ2v) is 6.89. The van der Waals surface area contributed by atoms with Crippen molar-refractivity contribution in [2.75, 3.05) is 26.2 Å². The van der Waals surface area contributed by atoms with Crippen LogP contribution in [0.15, 0.2) is 24.3 Å². The zero-order valence-corrected chi connectivity index (χ0v) is 13.5. The quantitative estimate of drug-likeness (QED) is 0.925. The van der Waals surface area contributed by atoms with Crippen molar-refractivity contribution in [3.05, 3.63) is 35.6 Å². The molecule has 0 aromatic heterocycles. The number of hydrogen-bond donors (Lipinski definition) is 1. The fourth-order valence-corrected chi connectivity index (χ4v) is 3.73. The van der Waals surface area contributed by atoms with E-state index in [0.717, 1.165) is 25.9 Å². The molecule has 5 heteroatoms. The lowest BCUT2D eigenvalue weighted by Crippen LogP contribution is -2.54. The number of rotatable bonds is 4. The van der Waals surface area contributed by atoms with Gasteiger partial charge in [0, 0.05) is 26.1 Å². The summed E-state index contributed by atoms with van der Waals surface area (Å²) in [4.78, 5) is 2.35. The Labute approximate surface area is 136 Å². The average molecular weight is 324 g/mol. The predicted molar refractivity (Wildman–Crippen MR) is 86.5 cm³/mol. The van der Waals surface area contributed by atoms with Crippen molar-refractivity contribution < 1.29 is 13.5 Å². The molecule has 0 saturated carbocycles. The van der Waals surface area contributed by atoms with Crippen LogP contribution in [0.1, 0.15) is 24.8 Å². The second kappa shape index (κ2) is 7.69. The van der Waals surface area contributed by atoms with Crippen LogP contribution in [-0.2, 0) is 11.2 Å². The van der Waals surface area contributed by atoms with E-state index in [9.17, 15) is 8.78 Å². The standard InChI is InChI=1S/C18H26F2N2O/c19-15-5-3-13(4-6-15)10-14-2-1-8-22(11-14)12-17-18(21)16(20)7-9-23-17/h3-6,14,16-18H,1-2,7-12,21H2/t14-,16+,17-,18-/m1/s1. The van der Waals surface area contributed by atoms with Crippen molar-refractivity contribution in [3.63, 3.8) is 0 Å². The van der Waals surface area contributed by atoms with Crippen molar-refractivity contribution in [2.24, 2.45) is 11.7 Å². The van der Waals surface area contributed by atoms with E-state index >= 15 is 0 Å². The van der Waals surface area contributed by atoms with Gasteiger partial charge in [0.1, 0.15) is 12.0 Å². The third-order valence-corrected chi connectivity index (χ3v) is 5.05. The van der Waals surface area contributed by atoms with Crippen molar-refractivity contribution >= 4 is 0 Å². The summed E-state index contributed by atoms with van der Waals surface area (Å²) in [7, 11) is 0. The van der Waals surface area contributed by atoms with E-state index in [-0.39, 0.29) is 11.9 Å². The normalized spacial score (nSPS) is 32.8. The number of nitrogens with zero attached hydrogens (tertiary/aromatic N) is 1. The zero-order valence-electron chi connectivity index (χ0n) is 13.5. The molecule has 2 saturated heterocycles. The Bertz CT molecular complexity index is 496. The molecule has 2 aliphatic heterocycles. The molecule has 2 N–H and O–H groups in total. The number of benzene rings is 1. The maximum absolute atomic E-state index is 13.7. The van der Waals surface area contributed by atoms with Crippen LogP contribution < -0.4 is 5.73 Å². The third-order valence-electron chi connectivity index (χ3n) is 5.05. The molecule has 0 bridgehead atoms. The SMILES string of the molecule is N[C@@H]1[C@@H](F)CCO[C@@H]1CN1CCC[C@H](Cc2ccc(F)cc2)C1. The first-order chi connectivity index (χ1) is 11.1. The molecule has 0 spiro atoms. The second-order valence-electron chi connectivity index (χ2n) is 6.89. The van der Waals surface area contributed by atoms with E-state index < -0.39 is 12.2 Å². The van der Waals surface area contributed by atoms with Gasteiger partial charge in [-0.2, -0.15) is 0 Å². The van der Waals surface area contributed by atoms with E-state index in [1.54, 1.807) is 0 Å². The molecule has 23 heavy (non-hydrogen) atoms. The maximum atomic E-state index is 13.7. The van der Waals surface area contributed by atoms with Crippen LogP contribution in [0.25, 0.3) is 0 Å². The summed E-state index contributed by atoms with van der Waals surface area (Å²) in [5, 5.41) is 0. The molecule has 0 unspecified atom stereocenters. The molecular formula is C18H26F2N2O. The summed E-state index contributed by atoms with van der Waals surface area (Å²) in [6.45, 7) is 3.16. The number of halogens is 2. The molecule has 3 rings (SSSR count). The van der Waals surface area contributed by atoms with Crippen LogP contribution >= 0.6 is 0 Å². The van der Waals surface area contributed by atoms with Gasteiger partial charge in [-0.1, -0.05) is 12.1 Å². The van der Waals surface area contributed by atoms with Gasteiger partial charge in [-0.3, -0.25) is 0 Å². The maximum Gasteiger partial charge on any atom is 0.123 e. The van der Waals surface area contributed by atoms with Gasteiger partial charge in [0.2, 0.25) is 0 Å². The lowest BCUT2D eigenvalue weighted by Gasteiger charge is -2.38. The Kier molecular flexibility index (Phi) is 5.62. The fourth-order valence-electron chi connectivity index (χ4n) is 3.73. The van der Waals surface area contributed by atoms with E-state index in [2.05, 4.69) is 4.90 Å². The van der Waals surface area contributed by atoms with Crippen LogP contribution in [-0.4, -0.2) is 49.5 Å². The highest BCUT2D eigenvalue weighted by Crippen LogP contribution is 2.23. The van der Waals surface area contributed by atoms with Crippen LogP contribution in [0.2, 0.25) is 0 Å². The van der Waals surface area contributed by atoms with E-state index in [0.29, 0.717) is 25.5 Å². The number of hydrogen-bond acceptors (Lipinski definition) is 3. The Morgan fingerprint density at radius 3 is 2.78 bits per heavy atom. The zero-order chi connectivity index (χ0) is 16.2. The van der Waals surface area contributed by atoms with Crippen LogP contribution in [0.3, 0.4) is 0 Å². The van der Waals surface area contributed by atoms with Crippen LogP contribution in [0.4, 0.5) is 8.78 Å². The van der Waals surface area contributed by atoms with E-state index in [1.165, 1.54) is 24.1 Å². The van der Waals surface area contributed by atoms with Crippen LogP contribution in [0.5, 0.6) is 0 Å². The number of likely N-dealkylation sites (tertiary alicyclic amines) is 1. The summed E-state index contributed by atoms with van der Waals surface area (Å²) in [5.41, 5.74) is 7.12. The third kappa shape index (κ3) is 4.49. The molecule has 0 amide bonds. The van der Waals surface area contributed by atoms with Gasteiger partial charge >= 0.3 is 0 Å². The van der Waals surface area contributed by atoms with Gasteiger partial charge in [-0.05, 0) is 49.4 Å². The summed E-state index contributed by atoms with van der Waals surface area (Å²) >= 11 is 0. The Balaban J connectivity index is 1.52. The first-order valence-electron chi connectivity index (χ1n) is 8.60. The first-order valence-corrected chi connectivity index (χ1v) is 8.60. The Hall–Kier alpha value is -1.04. The van der Waals surface area contributed by atoms with Gasteiger partial charge in [-0.15, -0.1) is 0 Å². The molecule has 2 fully saturated rings. The lowest BCUT2D eigenvalue weighted by atomic mass is 9.90. The fraction of sp³-hybridized carbons (Fsp3) is 0.667. The number of alkyl halides is 1. The van der Waals surface area contributed by atoms with Gasteiger partial charge in [0.05, 0.1) is 12.1 Å². The molecule has 2 aliphatic rings. The number of piperidine rings is 1. The molecular weight excluding hydrogens is 298 g/mol. The van der Waals surface area contributed by atoms with Crippen molar-refractivity contribution in [1.82, 2.24) is 4.90 Å². The topological polar surface area (TPSA) is 38.5 Å². The molecule has 2 heterocycles. The molecule has 1 aromatic carbocycles. The van der Waals surface area contributed by atoms with Crippen molar-refractivity contribution in [2.45, 2.75) is 44.0 Å². The minimum atomic E-state index is -0.950. The highest BCUT2D eigenvalue weighted by Gasteiger charge is 2.33. The minimum Gasteiger partial charge on any atom is -0.375 e. The van der Waals surface area contributed by atoms with Crippen molar-refractivity contribution in [3.8, 4) is 0 Å². The highest BCUT2D eigenvalue weighted by molar-refractivity contribution is 5.16. The smallest absolute Gasteiger partial charge is 0.123 e. The Morgan fingerprint density at radius 1 is 1.22 bits per heavy atom. The minimum absolute atomic E-state index is 0.191. The predicted octanol–water partition coefficient (Wildman–Crippen LogP) is 2.53.